The molecule has 3 heterocycles. The number of aromatic nitrogens is 1. The Labute approximate surface area is 169 Å². The van der Waals surface area contributed by atoms with Gasteiger partial charge in [0.15, 0.2) is 0 Å². The number of likely N-dealkylation sites (tertiary alicyclic amines) is 1. The second kappa shape index (κ2) is 9.72. The van der Waals surface area contributed by atoms with Gasteiger partial charge >= 0.3 is 0 Å². The fraction of sp³-hybridized carbons (Fsp3) is 0.591. The number of pyridine rings is 1. The van der Waals surface area contributed by atoms with Gasteiger partial charge in [0.1, 0.15) is 11.9 Å². The van der Waals surface area contributed by atoms with Gasteiger partial charge in [-0.25, -0.2) is 0 Å². The van der Waals surface area contributed by atoms with Crippen LogP contribution in [0, 0.1) is 12.8 Å². The Morgan fingerprint density at radius 3 is 2.67 bits per heavy atom. The van der Waals surface area contributed by atoms with Crippen molar-refractivity contribution in [2.75, 3.05) is 32.7 Å². The fourth-order valence-corrected chi connectivity index (χ4v) is 4.32. The highest BCUT2D eigenvalue weighted by Gasteiger charge is 2.22. The summed E-state index contributed by atoms with van der Waals surface area (Å²) >= 11 is 0. The number of benzene rings is 1. The fourth-order valence-electron chi connectivity index (χ4n) is 4.32. The predicted octanol–water partition coefficient (Wildman–Crippen LogP) is 4.20. The van der Waals surface area contributed by atoms with Gasteiger partial charge in [0, 0.05) is 30.9 Å². The molecule has 0 radical (unpaired) electrons. The number of aryl methyl sites for hydroxylation is 1. The molecular weight excluding hydrogens is 358 g/mol. The Morgan fingerprint density at radius 1 is 1.11 bits per heavy atom. The number of nitrogens with one attached hydrogen (secondary N) is 1. The van der Waals surface area contributed by atoms with Crippen LogP contribution in [0.1, 0.15) is 37.7 Å². The summed E-state index contributed by atoms with van der Waals surface area (Å²) in [6.45, 7) is 8.16. The molecule has 2 saturated heterocycles. The van der Waals surface area contributed by atoms with Gasteiger partial charge in [0.25, 0.3) is 0 Å². The molecule has 0 bridgehead atoms. The van der Waals surface area contributed by atoms with Crippen LogP contribution in [0.4, 0.5) is 0 Å². The number of halogens is 1. The van der Waals surface area contributed by atoms with Gasteiger partial charge in [-0.2, -0.15) is 0 Å². The van der Waals surface area contributed by atoms with Crippen molar-refractivity contribution in [2.45, 2.75) is 45.1 Å². The van der Waals surface area contributed by atoms with Crippen LogP contribution in [0.25, 0.3) is 10.8 Å². The summed E-state index contributed by atoms with van der Waals surface area (Å²) in [7, 11) is 0. The Hall–Kier alpha value is -1.36. The van der Waals surface area contributed by atoms with Crippen LogP contribution in [-0.2, 0) is 0 Å². The molecule has 1 aromatic heterocycles. The van der Waals surface area contributed by atoms with Gasteiger partial charge < -0.3 is 15.0 Å². The van der Waals surface area contributed by atoms with Gasteiger partial charge in [0.05, 0.1) is 0 Å². The van der Waals surface area contributed by atoms with E-state index < -0.39 is 0 Å². The number of piperidine rings is 2. The Balaban J connectivity index is 0.00000210. The molecule has 0 unspecified atom stereocenters. The van der Waals surface area contributed by atoms with Crippen LogP contribution < -0.4 is 10.1 Å². The van der Waals surface area contributed by atoms with E-state index in [1.807, 2.05) is 12.4 Å². The molecule has 0 amide bonds. The molecule has 5 heteroatoms. The molecule has 0 aliphatic carbocycles. The molecule has 27 heavy (non-hydrogen) atoms. The molecule has 0 spiro atoms. The van der Waals surface area contributed by atoms with E-state index in [-0.39, 0.29) is 12.4 Å². The Kier molecular flexibility index (Phi) is 7.33. The van der Waals surface area contributed by atoms with Crippen molar-refractivity contribution in [3.63, 3.8) is 0 Å². The molecule has 2 aromatic rings. The van der Waals surface area contributed by atoms with Crippen molar-refractivity contribution in [1.29, 1.82) is 0 Å². The van der Waals surface area contributed by atoms with Crippen LogP contribution in [0.3, 0.4) is 0 Å². The molecule has 2 aliphatic heterocycles. The highest BCUT2D eigenvalue weighted by atomic mass is 35.5. The standard InChI is InChI=1S/C22H31N3O.ClH/c1-17-14-20-16-24-10-4-19(20)15-22(17)26-21-6-12-25(13-7-21)11-5-18-2-8-23-9-3-18;/h4,10,14-16,18,21,23H,2-3,5-9,11-13H2,1H3;1H. The van der Waals surface area contributed by atoms with Gasteiger partial charge in [-0.1, -0.05) is 0 Å². The highest BCUT2D eigenvalue weighted by molar-refractivity contribution is 5.85. The lowest BCUT2D eigenvalue weighted by atomic mass is 9.94. The van der Waals surface area contributed by atoms with E-state index in [0.29, 0.717) is 6.10 Å². The first-order valence-corrected chi connectivity index (χ1v) is 10.2. The summed E-state index contributed by atoms with van der Waals surface area (Å²) in [5.41, 5.74) is 1.21. The van der Waals surface area contributed by atoms with Crippen LogP contribution >= 0.6 is 12.4 Å². The van der Waals surface area contributed by atoms with Gasteiger partial charge in [-0.15, -0.1) is 12.4 Å². The first kappa shape index (κ1) is 20.4. The number of ether oxygens (including phenoxy) is 1. The highest BCUT2D eigenvalue weighted by Crippen LogP contribution is 2.28. The number of hydrogen-bond acceptors (Lipinski definition) is 4. The lowest BCUT2D eigenvalue weighted by molar-refractivity contribution is 0.0954. The smallest absolute Gasteiger partial charge is 0.123 e. The minimum atomic E-state index is 0. The van der Waals surface area contributed by atoms with E-state index in [1.165, 1.54) is 68.3 Å². The number of hydrogen-bond donors (Lipinski definition) is 1. The van der Waals surface area contributed by atoms with Gasteiger partial charge in [0.2, 0.25) is 0 Å². The minimum Gasteiger partial charge on any atom is -0.490 e. The van der Waals surface area contributed by atoms with Crippen LogP contribution in [-0.4, -0.2) is 48.7 Å². The van der Waals surface area contributed by atoms with E-state index in [0.717, 1.165) is 24.5 Å². The van der Waals surface area contributed by atoms with Gasteiger partial charge in [-0.05, 0) is 93.7 Å². The molecule has 148 valence electrons. The molecule has 1 aromatic carbocycles. The number of fused-ring (bicyclic) bond motifs is 1. The van der Waals surface area contributed by atoms with Crippen molar-refractivity contribution in [1.82, 2.24) is 15.2 Å². The third-order valence-electron chi connectivity index (χ3n) is 6.07. The summed E-state index contributed by atoms with van der Waals surface area (Å²) in [4.78, 5) is 6.85. The number of rotatable bonds is 5. The zero-order valence-electron chi connectivity index (χ0n) is 16.3. The number of nitrogens with zero attached hydrogens (tertiary/aromatic N) is 2. The SMILES string of the molecule is Cc1cc2cnccc2cc1OC1CCN(CCC2CCNCC2)CC1.Cl. The van der Waals surface area contributed by atoms with Crippen molar-refractivity contribution < 1.29 is 4.74 Å². The van der Waals surface area contributed by atoms with E-state index in [1.54, 1.807) is 0 Å². The summed E-state index contributed by atoms with van der Waals surface area (Å²) in [6, 6.07) is 6.42. The summed E-state index contributed by atoms with van der Waals surface area (Å²) in [5.74, 6) is 1.97. The molecule has 0 atom stereocenters. The molecule has 4 rings (SSSR count). The summed E-state index contributed by atoms with van der Waals surface area (Å²) in [6.07, 6.45) is 10.5. The van der Waals surface area contributed by atoms with Crippen molar-refractivity contribution in [3.8, 4) is 5.75 Å². The van der Waals surface area contributed by atoms with Gasteiger partial charge in [-0.3, -0.25) is 4.98 Å². The minimum absolute atomic E-state index is 0. The first-order chi connectivity index (χ1) is 12.8. The Bertz CT molecular complexity index is 725. The zero-order chi connectivity index (χ0) is 17.8. The van der Waals surface area contributed by atoms with Crippen molar-refractivity contribution in [3.05, 3.63) is 36.2 Å². The monoisotopic (exact) mass is 389 g/mol. The van der Waals surface area contributed by atoms with E-state index in [2.05, 4.69) is 40.3 Å². The zero-order valence-corrected chi connectivity index (χ0v) is 17.1. The molecular formula is C22H32ClN3O. The summed E-state index contributed by atoms with van der Waals surface area (Å²) in [5, 5.41) is 5.86. The third kappa shape index (κ3) is 5.34. The lowest BCUT2D eigenvalue weighted by Gasteiger charge is -2.33. The van der Waals surface area contributed by atoms with E-state index in [9.17, 15) is 0 Å². The average molecular weight is 390 g/mol. The van der Waals surface area contributed by atoms with Crippen LogP contribution in [0.15, 0.2) is 30.6 Å². The molecule has 4 nitrogen and oxygen atoms in total. The Morgan fingerprint density at radius 2 is 1.89 bits per heavy atom. The average Bonchev–Trinajstić information content (AvgIpc) is 2.69. The normalized spacial score (nSPS) is 19.7. The van der Waals surface area contributed by atoms with E-state index >= 15 is 0 Å². The van der Waals surface area contributed by atoms with Crippen LogP contribution in [0.5, 0.6) is 5.75 Å². The second-order valence-corrected chi connectivity index (χ2v) is 7.98. The predicted molar refractivity (Wildman–Crippen MR) is 114 cm³/mol. The topological polar surface area (TPSA) is 37.4 Å². The maximum atomic E-state index is 6.38. The third-order valence-corrected chi connectivity index (χ3v) is 6.07. The van der Waals surface area contributed by atoms with Crippen LogP contribution in [0.2, 0.25) is 0 Å². The summed E-state index contributed by atoms with van der Waals surface area (Å²) < 4.78 is 6.38. The largest absolute Gasteiger partial charge is 0.490 e. The second-order valence-electron chi connectivity index (χ2n) is 7.98. The van der Waals surface area contributed by atoms with E-state index in [4.69, 9.17) is 4.74 Å². The molecule has 2 fully saturated rings. The lowest BCUT2D eigenvalue weighted by Crippen LogP contribution is -2.39. The molecule has 0 saturated carbocycles. The maximum Gasteiger partial charge on any atom is 0.123 e. The van der Waals surface area contributed by atoms with Crippen molar-refractivity contribution in [2.24, 2.45) is 5.92 Å². The first-order valence-electron chi connectivity index (χ1n) is 10.2. The molecule has 1 N–H and O–H groups in total. The quantitative estimate of drug-likeness (QED) is 0.831. The maximum absolute atomic E-state index is 6.38. The van der Waals surface area contributed by atoms with Crippen molar-refractivity contribution >= 4 is 23.2 Å². The molecule has 2 aliphatic rings.